The average molecular weight is 488 g/mol. The first-order chi connectivity index (χ1) is 18.0. The van der Waals surface area contributed by atoms with Crippen molar-refractivity contribution < 1.29 is 23.9 Å². The second kappa shape index (κ2) is 7.13. The number of cyclic esters (lactones) is 2. The van der Waals surface area contributed by atoms with Crippen molar-refractivity contribution in [3.63, 3.8) is 0 Å². The minimum absolute atomic E-state index is 0.0629. The van der Waals surface area contributed by atoms with Gasteiger partial charge in [-0.15, -0.1) is 0 Å². The lowest BCUT2D eigenvalue weighted by molar-refractivity contribution is 0.0389. The van der Waals surface area contributed by atoms with Crippen LogP contribution in [0.25, 0.3) is 43.1 Å². The third kappa shape index (κ3) is 2.55. The first-order valence-electron chi connectivity index (χ1n) is 12.9. The molecule has 0 saturated heterocycles. The molecular weight excluding hydrogens is 466 g/mol. The summed E-state index contributed by atoms with van der Waals surface area (Å²) in [7, 11) is 0. The van der Waals surface area contributed by atoms with E-state index in [2.05, 4.69) is 0 Å². The van der Waals surface area contributed by atoms with Crippen molar-refractivity contribution in [3.05, 3.63) is 70.8 Å². The maximum atomic E-state index is 13.8. The van der Waals surface area contributed by atoms with Crippen LogP contribution in [0.15, 0.2) is 48.5 Å². The maximum absolute atomic E-state index is 13.8. The van der Waals surface area contributed by atoms with Crippen molar-refractivity contribution in [1.82, 2.24) is 4.90 Å². The summed E-state index contributed by atoms with van der Waals surface area (Å²) in [5.74, 6) is -1.71. The molecule has 5 aromatic carbocycles. The Balaban J connectivity index is 1.46. The van der Waals surface area contributed by atoms with Gasteiger partial charge < -0.3 is 4.74 Å². The molecule has 1 fully saturated rings. The van der Waals surface area contributed by atoms with Crippen LogP contribution in [0.2, 0.25) is 0 Å². The summed E-state index contributed by atoms with van der Waals surface area (Å²) >= 11 is 0. The Morgan fingerprint density at radius 1 is 0.514 bits per heavy atom. The molecule has 0 bridgehead atoms. The molecule has 37 heavy (non-hydrogen) atoms. The molecule has 0 unspecified atom stereocenters. The van der Waals surface area contributed by atoms with E-state index in [1.54, 1.807) is 12.1 Å². The van der Waals surface area contributed by atoms with E-state index in [9.17, 15) is 19.2 Å². The van der Waals surface area contributed by atoms with Crippen LogP contribution in [-0.2, 0) is 4.74 Å². The number of esters is 2. The number of hydrogen-bond donors (Lipinski definition) is 0. The summed E-state index contributed by atoms with van der Waals surface area (Å²) in [5.41, 5.74) is 1.86. The van der Waals surface area contributed by atoms with Gasteiger partial charge in [-0.1, -0.05) is 49.9 Å². The van der Waals surface area contributed by atoms with Crippen LogP contribution in [-0.4, -0.2) is 34.7 Å². The number of imide groups is 1. The number of fused-ring (bicyclic) bond motifs is 2. The smallest absolute Gasteiger partial charge is 0.346 e. The molecule has 180 valence electrons. The Morgan fingerprint density at radius 3 is 1.38 bits per heavy atom. The molecule has 2 heterocycles. The van der Waals surface area contributed by atoms with Gasteiger partial charge in [-0.3, -0.25) is 14.5 Å². The van der Waals surface area contributed by atoms with E-state index in [4.69, 9.17) is 4.74 Å². The predicted octanol–water partition coefficient (Wildman–Crippen LogP) is 6.37. The lowest BCUT2D eigenvalue weighted by atomic mass is 9.82. The molecule has 0 spiro atoms. The quantitative estimate of drug-likeness (QED) is 0.0686. The Bertz CT molecular complexity index is 1780. The molecule has 6 nitrogen and oxygen atoms in total. The molecule has 5 aromatic rings. The molecule has 1 saturated carbocycles. The highest BCUT2D eigenvalue weighted by Gasteiger charge is 2.38. The number of rotatable bonds is 1. The Morgan fingerprint density at radius 2 is 0.919 bits per heavy atom. The second-order valence-corrected chi connectivity index (χ2v) is 10.4. The van der Waals surface area contributed by atoms with E-state index in [-0.39, 0.29) is 17.9 Å². The van der Waals surface area contributed by atoms with Crippen molar-refractivity contribution in [2.24, 2.45) is 0 Å². The standard InChI is InChI=1S/C31H21NO5/c33-28-20-11-7-16-18-9-13-22-27-23(31(36)37-30(22)35)14-10-19(25(18)27)17-8-12-21(26(20)24(16)17)29(34)32(28)15-5-3-1-2-4-6-15/h7-15H,1-6H2. The van der Waals surface area contributed by atoms with Gasteiger partial charge in [-0.2, -0.15) is 0 Å². The highest BCUT2D eigenvalue weighted by atomic mass is 16.6. The van der Waals surface area contributed by atoms with Crippen molar-refractivity contribution >= 4 is 66.8 Å². The second-order valence-electron chi connectivity index (χ2n) is 10.4. The van der Waals surface area contributed by atoms with Crippen LogP contribution in [0.3, 0.4) is 0 Å². The molecule has 1 aliphatic carbocycles. The van der Waals surface area contributed by atoms with Crippen molar-refractivity contribution in [2.45, 2.75) is 44.6 Å². The lowest BCUT2D eigenvalue weighted by Crippen LogP contribution is -2.47. The van der Waals surface area contributed by atoms with E-state index < -0.39 is 11.9 Å². The first kappa shape index (κ1) is 20.8. The van der Waals surface area contributed by atoms with E-state index in [0.29, 0.717) is 33.0 Å². The van der Waals surface area contributed by atoms with Gasteiger partial charge in [0.05, 0.1) is 11.1 Å². The summed E-state index contributed by atoms with van der Waals surface area (Å²) in [6, 6.07) is 14.6. The van der Waals surface area contributed by atoms with Gasteiger partial charge in [-0.05, 0) is 69.4 Å². The zero-order chi connectivity index (χ0) is 25.0. The Kier molecular flexibility index (Phi) is 4.01. The molecule has 0 aromatic heterocycles. The molecule has 8 rings (SSSR count). The van der Waals surface area contributed by atoms with Gasteiger partial charge >= 0.3 is 11.9 Å². The fraction of sp³-hybridized carbons (Fsp3) is 0.226. The normalized spacial score (nSPS) is 18.4. The zero-order valence-electron chi connectivity index (χ0n) is 19.9. The maximum Gasteiger partial charge on any atom is 0.346 e. The summed E-state index contributed by atoms with van der Waals surface area (Å²) < 4.78 is 4.95. The Hall–Kier alpha value is -4.32. The van der Waals surface area contributed by atoms with E-state index in [1.165, 1.54) is 4.90 Å². The van der Waals surface area contributed by atoms with Crippen molar-refractivity contribution in [3.8, 4) is 0 Å². The van der Waals surface area contributed by atoms with Crippen LogP contribution in [0.5, 0.6) is 0 Å². The number of carbonyl (C=O) groups is 4. The molecule has 0 atom stereocenters. The number of amides is 2. The number of benzene rings is 5. The third-order valence-electron chi connectivity index (χ3n) is 8.62. The van der Waals surface area contributed by atoms with Gasteiger partial charge in [-0.25, -0.2) is 9.59 Å². The molecule has 2 aliphatic heterocycles. The highest BCUT2D eigenvalue weighted by Crippen LogP contribution is 2.46. The van der Waals surface area contributed by atoms with Crippen LogP contribution < -0.4 is 0 Å². The summed E-state index contributed by atoms with van der Waals surface area (Å²) in [6.45, 7) is 0. The monoisotopic (exact) mass is 487 g/mol. The minimum Gasteiger partial charge on any atom is -0.386 e. The average Bonchev–Trinajstić information content (AvgIpc) is 3.19. The predicted molar refractivity (Wildman–Crippen MR) is 139 cm³/mol. The molecule has 6 heteroatoms. The van der Waals surface area contributed by atoms with Crippen LogP contribution >= 0.6 is 0 Å². The SMILES string of the molecule is O=C1OC(=O)c2ccc3c4ccc5c6c(ccc(c7ccc1c2c73)c64)C(=O)N(C1CCCCCC1)C5=O. The van der Waals surface area contributed by atoms with Crippen LogP contribution in [0.1, 0.15) is 80.0 Å². The third-order valence-corrected chi connectivity index (χ3v) is 8.62. The number of nitrogens with zero attached hydrogens (tertiary/aromatic N) is 1. The first-order valence-corrected chi connectivity index (χ1v) is 12.9. The van der Waals surface area contributed by atoms with Crippen molar-refractivity contribution in [1.29, 1.82) is 0 Å². The molecule has 0 radical (unpaired) electrons. The van der Waals surface area contributed by atoms with Crippen LogP contribution in [0.4, 0.5) is 0 Å². The summed E-state index contributed by atoms with van der Waals surface area (Å²) in [4.78, 5) is 54.2. The van der Waals surface area contributed by atoms with Gasteiger partial charge in [0.2, 0.25) is 0 Å². The summed E-state index contributed by atoms with van der Waals surface area (Å²) in [6.07, 6.45) is 6.05. The number of hydrogen-bond acceptors (Lipinski definition) is 5. The molecular formula is C31H21NO5. The molecule has 3 aliphatic rings. The van der Waals surface area contributed by atoms with Gasteiger partial charge in [0.25, 0.3) is 11.8 Å². The number of carbonyl (C=O) groups excluding carboxylic acids is 4. The van der Waals surface area contributed by atoms with Crippen LogP contribution in [0, 0.1) is 0 Å². The number of ether oxygens (including phenoxy) is 1. The van der Waals surface area contributed by atoms with Gasteiger partial charge in [0.1, 0.15) is 0 Å². The highest BCUT2D eigenvalue weighted by molar-refractivity contribution is 6.40. The fourth-order valence-corrected chi connectivity index (χ4v) is 6.98. The zero-order valence-corrected chi connectivity index (χ0v) is 19.9. The molecule has 0 N–H and O–H groups in total. The molecule has 2 amide bonds. The fourth-order valence-electron chi connectivity index (χ4n) is 6.98. The Labute approximate surface area is 211 Å². The largest absolute Gasteiger partial charge is 0.386 e. The van der Waals surface area contributed by atoms with E-state index in [1.807, 2.05) is 36.4 Å². The van der Waals surface area contributed by atoms with Gasteiger partial charge in [0.15, 0.2) is 0 Å². The summed E-state index contributed by atoms with van der Waals surface area (Å²) in [5, 5.41) is 6.53. The van der Waals surface area contributed by atoms with Crippen molar-refractivity contribution in [2.75, 3.05) is 0 Å². The lowest BCUT2D eigenvalue weighted by Gasteiger charge is -2.34. The topological polar surface area (TPSA) is 80.8 Å². The van der Waals surface area contributed by atoms with E-state index >= 15 is 0 Å². The van der Waals surface area contributed by atoms with Gasteiger partial charge in [0, 0.05) is 27.9 Å². The minimum atomic E-state index is -0.646. The van der Waals surface area contributed by atoms with E-state index in [0.717, 1.165) is 70.8 Å².